The number of benzene rings is 1. The quantitative estimate of drug-likeness (QED) is 0.382. The van der Waals surface area contributed by atoms with Gasteiger partial charge in [0.15, 0.2) is 23.7 Å². The minimum atomic E-state index is 0.0812. The third kappa shape index (κ3) is 2.51. The first-order valence-electron chi connectivity index (χ1n) is 9.64. The van der Waals surface area contributed by atoms with E-state index in [9.17, 15) is 5.11 Å². The smallest absolute Gasteiger partial charge is 0.238 e. The molecule has 9 nitrogen and oxygen atoms in total. The van der Waals surface area contributed by atoms with Crippen LogP contribution in [0.5, 0.6) is 17.4 Å². The predicted molar refractivity (Wildman–Crippen MR) is 110 cm³/mol. The Balaban J connectivity index is 1.98. The highest BCUT2D eigenvalue weighted by atomic mass is 17.2. The monoisotopic (exact) mass is 408 g/mol. The molecule has 0 radical (unpaired) electrons. The standard InChI is InChI=1S/C21H20N4O5/c1-4-5-6-11-13-12-9-30-29-8-10(12)7-22-14(13)15-16(18(11)26)23-17-19(27-2)21(28-3)25-20(17)24-15/h7-9,26H,4-6H2,1-3H3,(H,24,25). The van der Waals surface area contributed by atoms with Crippen LogP contribution in [0.25, 0.3) is 45.6 Å². The average molecular weight is 408 g/mol. The van der Waals surface area contributed by atoms with Gasteiger partial charge in [-0.3, -0.25) is 14.8 Å². The van der Waals surface area contributed by atoms with E-state index in [1.807, 2.05) is 0 Å². The lowest BCUT2D eigenvalue weighted by Gasteiger charge is -2.14. The number of aromatic hydroxyl groups is 1. The first kappa shape index (κ1) is 18.3. The van der Waals surface area contributed by atoms with E-state index in [0.717, 1.165) is 34.2 Å². The number of pyridine rings is 1. The highest BCUT2D eigenvalue weighted by Crippen LogP contribution is 2.39. The van der Waals surface area contributed by atoms with Crippen LogP contribution in [0.2, 0.25) is 0 Å². The van der Waals surface area contributed by atoms with Gasteiger partial charge in [0.25, 0.3) is 0 Å². The molecule has 5 rings (SSSR count). The molecule has 1 aliphatic heterocycles. The zero-order valence-electron chi connectivity index (χ0n) is 16.8. The Hall–Kier alpha value is -3.75. The van der Waals surface area contributed by atoms with Gasteiger partial charge < -0.3 is 19.6 Å². The summed E-state index contributed by atoms with van der Waals surface area (Å²) in [6.45, 7) is 2.10. The molecule has 30 heavy (non-hydrogen) atoms. The minimum absolute atomic E-state index is 0.0812. The van der Waals surface area contributed by atoms with Gasteiger partial charge in [-0.1, -0.05) is 13.3 Å². The zero-order chi connectivity index (χ0) is 20.8. The fourth-order valence-corrected chi connectivity index (χ4v) is 3.88. The molecule has 1 aromatic carbocycles. The zero-order valence-corrected chi connectivity index (χ0v) is 16.8. The van der Waals surface area contributed by atoms with Crippen molar-refractivity contribution in [2.24, 2.45) is 0 Å². The lowest BCUT2D eigenvalue weighted by Crippen LogP contribution is -2.30. The minimum Gasteiger partial charge on any atom is -0.505 e. The van der Waals surface area contributed by atoms with E-state index in [4.69, 9.17) is 24.2 Å². The SMILES string of the molecule is CCCCc1c(O)c2nc3c(OC)c(OC)[nH]c3nc2c2ncc3c(c12)=COOC=3. The van der Waals surface area contributed by atoms with Crippen molar-refractivity contribution in [1.29, 1.82) is 0 Å². The van der Waals surface area contributed by atoms with Crippen molar-refractivity contribution in [2.45, 2.75) is 26.2 Å². The maximum atomic E-state index is 11.3. The van der Waals surface area contributed by atoms with Crippen molar-refractivity contribution < 1.29 is 24.4 Å². The number of nitrogens with one attached hydrogen (secondary N) is 1. The van der Waals surface area contributed by atoms with Gasteiger partial charge in [-0.2, -0.15) is 0 Å². The molecule has 0 aliphatic carbocycles. The summed E-state index contributed by atoms with van der Waals surface area (Å²) in [5, 5.41) is 13.6. The fourth-order valence-electron chi connectivity index (χ4n) is 3.88. The van der Waals surface area contributed by atoms with Crippen molar-refractivity contribution >= 4 is 45.6 Å². The molecule has 0 saturated carbocycles. The fraction of sp³-hybridized carbons (Fsp3) is 0.286. The summed E-state index contributed by atoms with van der Waals surface area (Å²) in [5.41, 5.74) is 3.19. The molecule has 0 amide bonds. The Morgan fingerprint density at radius 1 is 1.03 bits per heavy atom. The summed E-state index contributed by atoms with van der Waals surface area (Å²) < 4.78 is 10.8. The van der Waals surface area contributed by atoms with Gasteiger partial charge in [0.05, 0.1) is 19.7 Å². The van der Waals surface area contributed by atoms with E-state index >= 15 is 0 Å². The summed E-state index contributed by atoms with van der Waals surface area (Å²) in [4.78, 5) is 27.1. The lowest BCUT2D eigenvalue weighted by atomic mass is 9.98. The predicted octanol–water partition coefficient (Wildman–Crippen LogP) is 2.16. The number of ether oxygens (including phenoxy) is 2. The number of nitrogens with zero attached hydrogens (tertiary/aromatic N) is 3. The highest BCUT2D eigenvalue weighted by Gasteiger charge is 2.23. The summed E-state index contributed by atoms with van der Waals surface area (Å²) in [6.07, 6.45) is 7.24. The Kier molecular flexibility index (Phi) is 4.23. The van der Waals surface area contributed by atoms with E-state index in [2.05, 4.69) is 21.9 Å². The largest absolute Gasteiger partial charge is 0.505 e. The van der Waals surface area contributed by atoms with Crippen molar-refractivity contribution in [3.8, 4) is 17.4 Å². The summed E-state index contributed by atoms with van der Waals surface area (Å²) >= 11 is 0. The second kappa shape index (κ2) is 6.94. The number of aromatic nitrogens is 4. The summed E-state index contributed by atoms with van der Waals surface area (Å²) in [7, 11) is 3.07. The maximum Gasteiger partial charge on any atom is 0.238 e. The topological polar surface area (TPSA) is 112 Å². The van der Waals surface area contributed by atoms with Crippen LogP contribution < -0.4 is 19.9 Å². The van der Waals surface area contributed by atoms with Crippen LogP contribution in [-0.2, 0) is 16.2 Å². The van der Waals surface area contributed by atoms with Gasteiger partial charge in [0, 0.05) is 27.6 Å². The number of H-pyrrole nitrogens is 1. The van der Waals surface area contributed by atoms with Gasteiger partial charge in [0.1, 0.15) is 16.8 Å². The van der Waals surface area contributed by atoms with E-state index in [0.29, 0.717) is 45.8 Å². The molecule has 154 valence electrons. The second-order valence-corrected chi connectivity index (χ2v) is 7.02. The van der Waals surface area contributed by atoms with Crippen LogP contribution in [0, 0.1) is 0 Å². The molecule has 1 aliphatic rings. The molecule has 0 spiro atoms. The van der Waals surface area contributed by atoms with Crippen LogP contribution in [-0.4, -0.2) is 39.3 Å². The van der Waals surface area contributed by atoms with E-state index in [-0.39, 0.29) is 5.75 Å². The Morgan fingerprint density at radius 2 is 1.87 bits per heavy atom. The van der Waals surface area contributed by atoms with E-state index in [1.165, 1.54) is 26.7 Å². The van der Waals surface area contributed by atoms with E-state index < -0.39 is 0 Å². The Labute approximate surface area is 170 Å². The molecule has 9 heteroatoms. The molecule has 4 heterocycles. The first-order chi connectivity index (χ1) is 14.7. The normalized spacial score (nSPS) is 12.8. The number of fused-ring (bicyclic) bond motifs is 6. The van der Waals surface area contributed by atoms with Gasteiger partial charge >= 0.3 is 0 Å². The van der Waals surface area contributed by atoms with E-state index in [1.54, 1.807) is 6.20 Å². The number of aromatic amines is 1. The van der Waals surface area contributed by atoms with Crippen molar-refractivity contribution in [1.82, 2.24) is 19.9 Å². The molecule has 0 fully saturated rings. The first-order valence-corrected chi connectivity index (χ1v) is 9.64. The lowest BCUT2D eigenvalue weighted by molar-refractivity contribution is -0.151. The van der Waals surface area contributed by atoms with Gasteiger partial charge in [0.2, 0.25) is 11.6 Å². The number of methoxy groups -OCH3 is 2. The number of hydrogen-bond donors (Lipinski definition) is 2. The van der Waals surface area contributed by atoms with Crippen LogP contribution in [0.15, 0.2) is 6.20 Å². The number of phenols is 1. The molecular weight excluding hydrogens is 388 g/mol. The molecule has 0 bridgehead atoms. The molecule has 2 N–H and O–H groups in total. The van der Waals surface area contributed by atoms with Gasteiger partial charge in [-0.05, 0) is 12.8 Å². The Morgan fingerprint density at radius 3 is 2.63 bits per heavy atom. The number of aryl methyl sites for hydroxylation is 1. The number of rotatable bonds is 5. The van der Waals surface area contributed by atoms with Crippen LogP contribution in [0.4, 0.5) is 0 Å². The highest BCUT2D eigenvalue weighted by molar-refractivity contribution is 6.09. The van der Waals surface area contributed by atoms with Crippen LogP contribution in [0.3, 0.4) is 0 Å². The summed E-state index contributed by atoms with van der Waals surface area (Å²) in [6, 6.07) is 0. The van der Waals surface area contributed by atoms with Crippen molar-refractivity contribution in [3.05, 3.63) is 22.2 Å². The molecule has 0 atom stereocenters. The van der Waals surface area contributed by atoms with Crippen LogP contribution in [0.1, 0.15) is 25.3 Å². The Bertz CT molecular complexity index is 1430. The van der Waals surface area contributed by atoms with Gasteiger partial charge in [-0.25, -0.2) is 9.97 Å². The number of phenolic OH excluding ortho intramolecular Hbond substituents is 1. The van der Waals surface area contributed by atoms with Crippen molar-refractivity contribution in [3.63, 3.8) is 0 Å². The third-order valence-corrected chi connectivity index (χ3v) is 5.32. The second-order valence-electron chi connectivity index (χ2n) is 7.02. The molecular formula is C21H20N4O5. The maximum absolute atomic E-state index is 11.3. The molecule has 3 aromatic heterocycles. The number of unbranched alkanes of at least 4 members (excludes halogenated alkanes) is 1. The average Bonchev–Trinajstić information content (AvgIpc) is 3.14. The summed E-state index contributed by atoms with van der Waals surface area (Å²) in [5.74, 6) is 0.928. The van der Waals surface area contributed by atoms with Crippen LogP contribution >= 0.6 is 0 Å². The molecule has 0 unspecified atom stereocenters. The molecule has 4 aromatic rings. The van der Waals surface area contributed by atoms with Gasteiger partial charge in [-0.15, -0.1) is 0 Å². The third-order valence-electron chi connectivity index (χ3n) is 5.32. The molecule has 0 saturated heterocycles. The number of hydrogen-bond acceptors (Lipinski definition) is 8. The van der Waals surface area contributed by atoms with Crippen molar-refractivity contribution in [2.75, 3.05) is 14.2 Å².